The quantitative estimate of drug-likeness (QED) is 0.507. The molecule has 0 aromatic heterocycles. The fraction of sp³-hybridized carbons (Fsp3) is 0.385. The van der Waals surface area contributed by atoms with Gasteiger partial charge >= 0.3 is 0 Å². The van der Waals surface area contributed by atoms with Crippen molar-refractivity contribution in [2.45, 2.75) is 17.7 Å². The maximum Gasteiger partial charge on any atom is 0.255 e. The van der Waals surface area contributed by atoms with Gasteiger partial charge in [-0.15, -0.1) is 11.8 Å². The number of carbonyl (C=O) groups is 1. The summed E-state index contributed by atoms with van der Waals surface area (Å²) in [6.45, 7) is 1.25. The van der Waals surface area contributed by atoms with Crippen LogP contribution in [0.1, 0.15) is 23.2 Å². The van der Waals surface area contributed by atoms with Crippen molar-refractivity contribution in [3.05, 3.63) is 29.8 Å². The summed E-state index contributed by atoms with van der Waals surface area (Å²) in [5.41, 5.74) is 1.53. The van der Waals surface area contributed by atoms with Crippen molar-refractivity contribution < 1.29 is 10.0 Å². The minimum absolute atomic E-state index is 0.0666. The van der Waals surface area contributed by atoms with E-state index in [2.05, 4.69) is 5.16 Å². The Bertz CT molecular complexity index is 464. The zero-order valence-corrected chi connectivity index (χ0v) is 11.1. The zero-order valence-electron chi connectivity index (χ0n) is 10.3. The van der Waals surface area contributed by atoms with Crippen LogP contribution in [-0.2, 0) is 0 Å². The molecule has 1 aromatic carbocycles. The van der Waals surface area contributed by atoms with Crippen LogP contribution in [0.5, 0.6) is 0 Å². The topological polar surface area (TPSA) is 52.9 Å². The third-order valence-electron chi connectivity index (χ3n) is 3.11. The van der Waals surface area contributed by atoms with Crippen molar-refractivity contribution >= 4 is 23.4 Å². The highest BCUT2D eigenvalue weighted by atomic mass is 32.2. The summed E-state index contributed by atoms with van der Waals surface area (Å²) < 4.78 is 0. The molecule has 2 rings (SSSR count). The van der Waals surface area contributed by atoms with Crippen LogP contribution in [0.4, 0.5) is 0 Å². The lowest BCUT2D eigenvalue weighted by molar-refractivity contribution is 0.0750. The van der Waals surface area contributed by atoms with E-state index in [1.54, 1.807) is 11.8 Å². The van der Waals surface area contributed by atoms with E-state index in [-0.39, 0.29) is 5.91 Å². The molecule has 1 amide bonds. The molecule has 0 bridgehead atoms. The van der Waals surface area contributed by atoms with Crippen LogP contribution in [0.2, 0.25) is 0 Å². The molecule has 1 aliphatic rings. The molecule has 0 saturated carbocycles. The van der Waals surface area contributed by atoms with Crippen LogP contribution in [0.15, 0.2) is 34.3 Å². The summed E-state index contributed by atoms with van der Waals surface area (Å²) >= 11 is 1.58. The SMILES string of the molecule is CSc1ccccc1C(=O)N1CCC(=NO)CC1. The molecule has 1 heterocycles. The lowest BCUT2D eigenvalue weighted by atomic mass is 10.1. The first kappa shape index (κ1) is 13.0. The first-order valence-electron chi connectivity index (χ1n) is 5.88. The number of carbonyl (C=O) groups excluding carboxylic acids is 1. The number of benzene rings is 1. The molecule has 0 spiro atoms. The van der Waals surface area contributed by atoms with E-state index in [0.717, 1.165) is 16.2 Å². The number of likely N-dealkylation sites (tertiary alicyclic amines) is 1. The van der Waals surface area contributed by atoms with Gasteiger partial charge in [0.2, 0.25) is 0 Å². The highest BCUT2D eigenvalue weighted by Gasteiger charge is 2.22. The maximum absolute atomic E-state index is 12.4. The molecular formula is C13H16N2O2S. The molecule has 4 nitrogen and oxygen atoms in total. The van der Waals surface area contributed by atoms with E-state index < -0.39 is 0 Å². The molecular weight excluding hydrogens is 248 g/mol. The number of rotatable bonds is 2. The molecule has 0 radical (unpaired) electrons. The minimum Gasteiger partial charge on any atom is -0.411 e. The third kappa shape index (κ3) is 2.67. The van der Waals surface area contributed by atoms with Crippen LogP contribution in [0.25, 0.3) is 0 Å². The van der Waals surface area contributed by atoms with Gasteiger partial charge in [-0.25, -0.2) is 0 Å². The van der Waals surface area contributed by atoms with Gasteiger partial charge in [-0.1, -0.05) is 17.3 Å². The second-order valence-electron chi connectivity index (χ2n) is 4.16. The molecule has 5 heteroatoms. The molecule has 1 aliphatic heterocycles. The highest BCUT2D eigenvalue weighted by Crippen LogP contribution is 2.22. The normalized spacial score (nSPS) is 15.6. The number of piperidine rings is 1. The molecule has 1 fully saturated rings. The summed E-state index contributed by atoms with van der Waals surface area (Å²) in [5, 5.41) is 11.9. The van der Waals surface area contributed by atoms with Crippen LogP contribution in [0.3, 0.4) is 0 Å². The Labute approximate surface area is 111 Å². The number of hydrogen-bond acceptors (Lipinski definition) is 4. The van der Waals surface area contributed by atoms with Gasteiger partial charge in [-0.05, 0) is 18.4 Å². The van der Waals surface area contributed by atoms with E-state index in [4.69, 9.17) is 5.21 Å². The zero-order chi connectivity index (χ0) is 13.0. The fourth-order valence-corrected chi connectivity index (χ4v) is 2.65. The van der Waals surface area contributed by atoms with Gasteiger partial charge in [-0.3, -0.25) is 4.79 Å². The number of amides is 1. The Kier molecular flexibility index (Phi) is 4.25. The van der Waals surface area contributed by atoms with Gasteiger partial charge < -0.3 is 10.1 Å². The van der Waals surface area contributed by atoms with Crippen LogP contribution in [-0.4, -0.2) is 41.1 Å². The Balaban J connectivity index is 2.12. The summed E-state index contributed by atoms with van der Waals surface area (Å²) in [4.78, 5) is 15.2. The van der Waals surface area contributed by atoms with Gasteiger partial charge in [-0.2, -0.15) is 0 Å². The van der Waals surface area contributed by atoms with Gasteiger partial charge in [0.15, 0.2) is 0 Å². The lowest BCUT2D eigenvalue weighted by Crippen LogP contribution is -2.38. The maximum atomic E-state index is 12.4. The van der Waals surface area contributed by atoms with Gasteiger partial charge in [0.1, 0.15) is 0 Å². The summed E-state index contributed by atoms with van der Waals surface area (Å²) in [6.07, 6.45) is 3.28. The molecule has 0 unspecified atom stereocenters. The molecule has 96 valence electrons. The van der Waals surface area contributed by atoms with E-state index in [0.29, 0.717) is 25.9 Å². The second kappa shape index (κ2) is 5.91. The largest absolute Gasteiger partial charge is 0.411 e. The van der Waals surface area contributed by atoms with Gasteiger partial charge in [0.05, 0.1) is 11.3 Å². The smallest absolute Gasteiger partial charge is 0.255 e. The molecule has 0 aliphatic carbocycles. The number of thioether (sulfide) groups is 1. The van der Waals surface area contributed by atoms with Crippen LogP contribution in [0, 0.1) is 0 Å². The molecule has 1 N–H and O–H groups in total. The number of hydrogen-bond donors (Lipinski definition) is 1. The van der Waals surface area contributed by atoms with Crippen molar-refractivity contribution in [2.24, 2.45) is 5.16 Å². The van der Waals surface area contributed by atoms with E-state index >= 15 is 0 Å². The van der Waals surface area contributed by atoms with Gasteiger partial charge in [0, 0.05) is 30.8 Å². The molecule has 1 aromatic rings. The Morgan fingerprint density at radius 3 is 2.61 bits per heavy atom. The fourth-order valence-electron chi connectivity index (χ4n) is 2.06. The predicted molar refractivity (Wildman–Crippen MR) is 72.6 cm³/mol. The van der Waals surface area contributed by atoms with Crippen molar-refractivity contribution in [3.8, 4) is 0 Å². The van der Waals surface area contributed by atoms with Crippen molar-refractivity contribution in [2.75, 3.05) is 19.3 Å². The van der Waals surface area contributed by atoms with E-state index in [1.807, 2.05) is 35.4 Å². The first-order valence-corrected chi connectivity index (χ1v) is 7.11. The summed E-state index contributed by atoms with van der Waals surface area (Å²) in [6, 6.07) is 7.65. The standard InChI is InChI=1S/C13H16N2O2S/c1-18-12-5-3-2-4-11(12)13(16)15-8-6-10(14-17)7-9-15/h2-5,17H,6-9H2,1H3. The van der Waals surface area contributed by atoms with Crippen molar-refractivity contribution in [3.63, 3.8) is 0 Å². The van der Waals surface area contributed by atoms with Gasteiger partial charge in [0.25, 0.3) is 5.91 Å². The van der Waals surface area contributed by atoms with Crippen molar-refractivity contribution in [1.82, 2.24) is 4.90 Å². The Hall–Kier alpha value is -1.49. The molecule has 1 saturated heterocycles. The second-order valence-corrected chi connectivity index (χ2v) is 5.01. The average Bonchev–Trinajstić information content (AvgIpc) is 2.46. The summed E-state index contributed by atoms with van der Waals surface area (Å²) in [7, 11) is 0. The highest BCUT2D eigenvalue weighted by molar-refractivity contribution is 7.98. The van der Waals surface area contributed by atoms with Crippen molar-refractivity contribution in [1.29, 1.82) is 0 Å². The third-order valence-corrected chi connectivity index (χ3v) is 3.90. The van der Waals surface area contributed by atoms with Crippen LogP contribution < -0.4 is 0 Å². The molecule has 0 atom stereocenters. The monoisotopic (exact) mass is 264 g/mol. The Morgan fingerprint density at radius 2 is 2.00 bits per heavy atom. The number of nitrogens with zero attached hydrogens (tertiary/aromatic N) is 2. The first-order chi connectivity index (χ1) is 8.76. The van der Waals surface area contributed by atoms with E-state index in [9.17, 15) is 4.79 Å². The lowest BCUT2D eigenvalue weighted by Gasteiger charge is -2.27. The summed E-state index contributed by atoms with van der Waals surface area (Å²) in [5.74, 6) is 0.0666. The Morgan fingerprint density at radius 1 is 1.33 bits per heavy atom. The molecule has 18 heavy (non-hydrogen) atoms. The minimum atomic E-state index is 0.0666. The van der Waals surface area contributed by atoms with E-state index in [1.165, 1.54) is 0 Å². The van der Waals surface area contributed by atoms with Crippen LogP contribution >= 0.6 is 11.8 Å². The average molecular weight is 264 g/mol. The predicted octanol–water partition coefficient (Wildman–Crippen LogP) is 2.47. The number of oxime groups is 1.